The molecule has 0 bridgehead atoms. The summed E-state index contributed by atoms with van der Waals surface area (Å²) in [6.07, 6.45) is 0.867. The number of rotatable bonds is 4. The van der Waals surface area contributed by atoms with E-state index in [2.05, 4.69) is 10.3 Å². The number of hydrogen-bond acceptors (Lipinski definition) is 4. The fourth-order valence-corrected chi connectivity index (χ4v) is 2.24. The third-order valence-electron chi connectivity index (χ3n) is 3.91. The third-order valence-corrected chi connectivity index (χ3v) is 3.91. The van der Waals surface area contributed by atoms with Crippen molar-refractivity contribution in [3.63, 3.8) is 0 Å². The number of hydrogen-bond donors (Lipinski definition) is 1. The Labute approximate surface area is 130 Å². The summed E-state index contributed by atoms with van der Waals surface area (Å²) in [6.45, 7) is 8.54. The van der Waals surface area contributed by atoms with Gasteiger partial charge in [0.15, 0.2) is 0 Å². The van der Waals surface area contributed by atoms with Gasteiger partial charge in [-0.3, -0.25) is 4.79 Å². The standard InChI is InChI=1S/C15H24N4O3/c1-6-10(4)18(5)14(20)13-17-11-7-19(8-12(11)22-13)15(21)16-9(2)3/h9-10H,6-8H2,1-5H3,(H,16,21)/t10-/m0/s1. The molecule has 0 spiro atoms. The molecule has 0 aromatic carbocycles. The van der Waals surface area contributed by atoms with Crippen LogP contribution in [0, 0.1) is 0 Å². The van der Waals surface area contributed by atoms with E-state index >= 15 is 0 Å². The highest BCUT2D eigenvalue weighted by Crippen LogP contribution is 2.24. The van der Waals surface area contributed by atoms with Crippen LogP contribution >= 0.6 is 0 Å². The van der Waals surface area contributed by atoms with Gasteiger partial charge in [0.1, 0.15) is 11.5 Å². The van der Waals surface area contributed by atoms with Gasteiger partial charge in [0.25, 0.3) is 5.89 Å². The lowest BCUT2D eigenvalue weighted by Gasteiger charge is -2.22. The first-order chi connectivity index (χ1) is 10.3. The second-order valence-electron chi connectivity index (χ2n) is 6.02. The molecular formula is C15H24N4O3. The van der Waals surface area contributed by atoms with Crippen LogP contribution in [0.1, 0.15) is 56.3 Å². The number of fused-ring (bicyclic) bond motifs is 1. The van der Waals surface area contributed by atoms with Crippen LogP contribution in [-0.2, 0) is 13.1 Å². The van der Waals surface area contributed by atoms with Gasteiger partial charge in [-0.15, -0.1) is 0 Å². The topological polar surface area (TPSA) is 78.7 Å². The van der Waals surface area contributed by atoms with E-state index in [0.717, 1.165) is 6.42 Å². The normalized spacial score (nSPS) is 14.9. The number of nitrogens with one attached hydrogen (secondary N) is 1. The molecular weight excluding hydrogens is 284 g/mol. The van der Waals surface area contributed by atoms with E-state index < -0.39 is 0 Å². The van der Waals surface area contributed by atoms with Crippen molar-refractivity contribution in [1.29, 1.82) is 0 Å². The number of carbonyl (C=O) groups excluding carboxylic acids is 2. The van der Waals surface area contributed by atoms with Crippen molar-refractivity contribution >= 4 is 11.9 Å². The molecule has 2 rings (SSSR count). The Balaban J connectivity index is 2.04. The zero-order chi connectivity index (χ0) is 16.4. The van der Waals surface area contributed by atoms with E-state index in [1.165, 1.54) is 0 Å². The van der Waals surface area contributed by atoms with Crippen LogP contribution in [0.3, 0.4) is 0 Å². The number of urea groups is 1. The maximum atomic E-state index is 12.3. The van der Waals surface area contributed by atoms with Crippen molar-refractivity contribution in [2.45, 2.75) is 59.3 Å². The minimum atomic E-state index is -0.220. The Hall–Kier alpha value is -2.05. The SMILES string of the molecule is CC[C@H](C)N(C)C(=O)c1nc2c(o1)CN(C(=O)NC(C)C)C2. The minimum Gasteiger partial charge on any atom is -0.435 e. The molecule has 0 fully saturated rings. The van der Waals surface area contributed by atoms with Crippen molar-refractivity contribution in [2.75, 3.05) is 7.05 Å². The molecule has 22 heavy (non-hydrogen) atoms. The maximum Gasteiger partial charge on any atom is 0.318 e. The Morgan fingerprint density at radius 1 is 1.36 bits per heavy atom. The molecule has 122 valence electrons. The first kappa shape index (κ1) is 16.3. The first-order valence-corrected chi connectivity index (χ1v) is 7.64. The van der Waals surface area contributed by atoms with Crippen LogP contribution < -0.4 is 5.32 Å². The first-order valence-electron chi connectivity index (χ1n) is 7.64. The molecule has 0 unspecified atom stereocenters. The molecule has 1 aliphatic rings. The fourth-order valence-electron chi connectivity index (χ4n) is 2.24. The van der Waals surface area contributed by atoms with Gasteiger partial charge in [-0.25, -0.2) is 9.78 Å². The molecule has 7 nitrogen and oxygen atoms in total. The lowest BCUT2D eigenvalue weighted by Crippen LogP contribution is -2.40. The minimum absolute atomic E-state index is 0.0775. The fraction of sp³-hybridized carbons (Fsp3) is 0.667. The highest BCUT2D eigenvalue weighted by molar-refractivity contribution is 5.89. The summed E-state index contributed by atoms with van der Waals surface area (Å²) in [5, 5.41) is 2.83. The van der Waals surface area contributed by atoms with Crippen LogP contribution in [0.25, 0.3) is 0 Å². The molecule has 2 heterocycles. The Morgan fingerprint density at radius 2 is 2.05 bits per heavy atom. The van der Waals surface area contributed by atoms with E-state index in [0.29, 0.717) is 24.5 Å². The van der Waals surface area contributed by atoms with E-state index in [-0.39, 0.29) is 29.9 Å². The van der Waals surface area contributed by atoms with Crippen LogP contribution in [0.2, 0.25) is 0 Å². The summed E-state index contributed by atoms with van der Waals surface area (Å²) >= 11 is 0. The highest BCUT2D eigenvalue weighted by Gasteiger charge is 2.31. The summed E-state index contributed by atoms with van der Waals surface area (Å²) in [6, 6.07) is 0.0593. The Kier molecular flexibility index (Phi) is 4.73. The van der Waals surface area contributed by atoms with Gasteiger partial charge in [0, 0.05) is 19.1 Å². The van der Waals surface area contributed by atoms with Gasteiger partial charge >= 0.3 is 11.9 Å². The highest BCUT2D eigenvalue weighted by atomic mass is 16.4. The summed E-state index contributed by atoms with van der Waals surface area (Å²) < 4.78 is 5.57. The zero-order valence-electron chi connectivity index (χ0n) is 13.8. The molecule has 0 aliphatic carbocycles. The third kappa shape index (κ3) is 3.23. The number of aromatic nitrogens is 1. The van der Waals surface area contributed by atoms with Crippen molar-refractivity contribution in [1.82, 2.24) is 20.1 Å². The van der Waals surface area contributed by atoms with Gasteiger partial charge in [-0.05, 0) is 27.2 Å². The second-order valence-corrected chi connectivity index (χ2v) is 6.02. The van der Waals surface area contributed by atoms with Gasteiger partial charge in [0.05, 0.1) is 13.1 Å². The van der Waals surface area contributed by atoms with Gasteiger partial charge in [0.2, 0.25) is 0 Å². The number of amides is 3. The number of carbonyl (C=O) groups is 2. The summed E-state index contributed by atoms with van der Waals surface area (Å²) in [5.41, 5.74) is 0.666. The maximum absolute atomic E-state index is 12.3. The summed E-state index contributed by atoms with van der Waals surface area (Å²) in [4.78, 5) is 31.7. The summed E-state index contributed by atoms with van der Waals surface area (Å²) in [5.74, 6) is 0.485. The van der Waals surface area contributed by atoms with E-state index in [9.17, 15) is 9.59 Å². The van der Waals surface area contributed by atoms with Gasteiger partial charge in [-0.1, -0.05) is 6.92 Å². The molecule has 1 aliphatic heterocycles. The molecule has 0 saturated heterocycles. The molecule has 1 atom stereocenters. The quantitative estimate of drug-likeness (QED) is 0.922. The molecule has 7 heteroatoms. The van der Waals surface area contributed by atoms with E-state index in [4.69, 9.17) is 4.42 Å². The molecule has 1 N–H and O–H groups in total. The van der Waals surface area contributed by atoms with Crippen molar-refractivity contribution in [3.8, 4) is 0 Å². The predicted octanol–water partition coefficient (Wildman–Crippen LogP) is 1.98. The molecule has 1 aromatic heterocycles. The Bertz CT molecular complexity index is 544. The van der Waals surface area contributed by atoms with E-state index in [1.54, 1.807) is 16.8 Å². The lowest BCUT2D eigenvalue weighted by molar-refractivity contribution is 0.0696. The van der Waals surface area contributed by atoms with Crippen molar-refractivity contribution in [2.24, 2.45) is 0 Å². The molecule has 3 amide bonds. The van der Waals surface area contributed by atoms with Gasteiger partial charge in [-0.2, -0.15) is 0 Å². The van der Waals surface area contributed by atoms with Crippen LogP contribution in [-0.4, -0.2) is 45.9 Å². The predicted molar refractivity (Wildman–Crippen MR) is 81.3 cm³/mol. The van der Waals surface area contributed by atoms with Crippen molar-refractivity contribution < 1.29 is 14.0 Å². The molecule has 0 radical (unpaired) electrons. The summed E-state index contributed by atoms with van der Waals surface area (Å²) in [7, 11) is 1.74. The van der Waals surface area contributed by atoms with Gasteiger partial charge < -0.3 is 19.5 Å². The molecule has 0 saturated carbocycles. The zero-order valence-corrected chi connectivity index (χ0v) is 13.8. The average Bonchev–Trinajstić information content (AvgIpc) is 3.02. The second kappa shape index (κ2) is 6.37. The largest absolute Gasteiger partial charge is 0.435 e. The monoisotopic (exact) mass is 308 g/mol. The lowest BCUT2D eigenvalue weighted by atomic mass is 10.2. The number of nitrogens with zero attached hydrogens (tertiary/aromatic N) is 3. The van der Waals surface area contributed by atoms with E-state index in [1.807, 2.05) is 27.7 Å². The Morgan fingerprint density at radius 3 is 2.59 bits per heavy atom. The smallest absolute Gasteiger partial charge is 0.318 e. The molecule has 1 aromatic rings. The van der Waals surface area contributed by atoms with Crippen LogP contribution in [0.15, 0.2) is 4.42 Å². The van der Waals surface area contributed by atoms with Crippen LogP contribution in [0.4, 0.5) is 4.79 Å². The van der Waals surface area contributed by atoms with Crippen molar-refractivity contribution in [3.05, 3.63) is 17.3 Å². The number of oxazole rings is 1. The van der Waals surface area contributed by atoms with Crippen LogP contribution in [0.5, 0.6) is 0 Å². The average molecular weight is 308 g/mol.